The monoisotopic (exact) mass is 452 g/mol. The fourth-order valence-electron chi connectivity index (χ4n) is 3.38. The van der Waals surface area contributed by atoms with Crippen LogP contribution in [0.2, 0.25) is 5.02 Å². The molecule has 31 heavy (non-hydrogen) atoms. The number of unbranched alkanes of at least 4 members (excludes halogenated alkanes) is 1. The number of halogens is 1. The van der Waals surface area contributed by atoms with E-state index in [1.807, 2.05) is 35.0 Å². The highest BCUT2D eigenvalue weighted by atomic mass is 35.5. The molecule has 3 aromatic heterocycles. The van der Waals surface area contributed by atoms with Crippen LogP contribution in [0, 0.1) is 12.0 Å². The van der Waals surface area contributed by atoms with Crippen LogP contribution in [0.25, 0.3) is 22.3 Å². The van der Waals surface area contributed by atoms with E-state index in [1.165, 1.54) is 18.0 Å². The van der Waals surface area contributed by atoms with Gasteiger partial charge in [0.2, 0.25) is 0 Å². The van der Waals surface area contributed by atoms with E-state index in [-0.39, 0.29) is 5.91 Å². The van der Waals surface area contributed by atoms with Crippen LogP contribution in [-0.4, -0.2) is 25.0 Å². The van der Waals surface area contributed by atoms with Gasteiger partial charge in [-0.2, -0.15) is 5.10 Å². The topological polar surface area (TPSA) is 72.7 Å². The zero-order valence-electron chi connectivity index (χ0n) is 17.4. The first-order valence-corrected chi connectivity index (χ1v) is 11.5. The summed E-state index contributed by atoms with van der Waals surface area (Å²) in [6, 6.07) is 12.4. The second kappa shape index (κ2) is 9.58. The molecule has 3 heterocycles. The van der Waals surface area contributed by atoms with Crippen LogP contribution in [0.1, 0.15) is 43.5 Å². The van der Waals surface area contributed by atoms with Crippen LogP contribution >= 0.6 is 23.1 Å². The quantitative estimate of drug-likeness (QED) is 0.328. The minimum Gasteiger partial charge on any atom is -0.304 e. The lowest BCUT2D eigenvalue weighted by Gasteiger charge is -2.07. The largest absolute Gasteiger partial charge is 0.304 e. The van der Waals surface area contributed by atoms with Crippen molar-refractivity contribution in [2.24, 2.45) is 5.92 Å². The number of amides is 1. The summed E-state index contributed by atoms with van der Waals surface area (Å²) < 4.78 is 5.86. The third-order valence-corrected chi connectivity index (χ3v) is 5.87. The Morgan fingerprint density at radius 2 is 2.10 bits per heavy atom. The molecule has 1 amide bonds. The summed E-state index contributed by atoms with van der Waals surface area (Å²) in [6.45, 7) is 5.17. The lowest BCUT2D eigenvalue weighted by Crippen LogP contribution is -2.12. The Kier molecular flexibility index (Phi) is 6.63. The summed E-state index contributed by atoms with van der Waals surface area (Å²) in [5.74, 6) is 0.873. The van der Waals surface area contributed by atoms with Gasteiger partial charge in [0.05, 0.1) is 27.9 Å². The van der Waals surface area contributed by atoms with Crippen LogP contribution in [0.5, 0.6) is 0 Å². The molecule has 0 fully saturated rings. The van der Waals surface area contributed by atoms with Gasteiger partial charge < -0.3 is 5.32 Å². The smallest absolute Gasteiger partial charge is 0.259 e. The normalized spacial score (nSPS) is 11.4. The predicted octanol–water partition coefficient (Wildman–Crippen LogP) is 6.09. The molecule has 0 bridgehead atoms. The highest BCUT2D eigenvalue weighted by Crippen LogP contribution is 2.32. The molecule has 0 aliphatic rings. The zero-order valence-corrected chi connectivity index (χ0v) is 19.0. The van der Waals surface area contributed by atoms with Crippen molar-refractivity contribution in [1.82, 2.24) is 19.1 Å². The Bertz CT molecular complexity index is 1170. The van der Waals surface area contributed by atoms with E-state index in [9.17, 15) is 4.79 Å². The van der Waals surface area contributed by atoms with E-state index >= 15 is 0 Å². The third kappa shape index (κ3) is 4.94. The molecule has 1 radical (unpaired) electrons. The van der Waals surface area contributed by atoms with E-state index in [0.717, 1.165) is 30.3 Å². The first kappa shape index (κ1) is 21.5. The van der Waals surface area contributed by atoms with Crippen molar-refractivity contribution in [3.05, 3.63) is 58.6 Å². The number of aromatic nitrogens is 4. The van der Waals surface area contributed by atoms with Crippen molar-refractivity contribution >= 4 is 45.9 Å². The maximum absolute atomic E-state index is 12.6. The van der Waals surface area contributed by atoms with Crippen molar-refractivity contribution in [3.8, 4) is 11.3 Å². The number of rotatable bonds is 8. The van der Waals surface area contributed by atoms with E-state index in [2.05, 4.69) is 34.7 Å². The van der Waals surface area contributed by atoms with Gasteiger partial charge in [-0.15, -0.1) is 0 Å². The summed E-state index contributed by atoms with van der Waals surface area (Å²) in [7, 11) is 0. The number of nitrogens with zero attached hydrogens (tertiary/aromatic N) is 4. The molecule has 0 atom stereocenters. The number of pyridine rings is 1. The summed E-state index contributed by atoms with van der Waals surface area (Å²) >= 11 is 7.82. The maximum Gasteiger partial charge on any atom is 0.259 e. The van der Waals surface area contributed by atoms with Gasteiger partial charge >= 0.3 is 0 Å². The fraction of sp³-hybridized carbons (Fsp3) is 0.304. The van der Waals surface area contributed by atoms with Crippen molar-refractivity contribution in [2.75, 3.05) is 5.32 Å². The third-order valence-electron chi connectivity index (χ3n) is 5.00. The maximum atomic E-state index is 12.6. The van der Waals surface area contributed by atoms with E-state index in [1.54, 1.807) is 11.6 Å². The number of carbonyl (C=O) groups excluding carboxylic acids is 1. The number of carbonyl (C=O) groups is 1. The Morgan fingerprint density at radius 1 is 1.29 bits per heavy atom. The molecule has 0 unspecified atom stereocenters. The molecule has 159 valence electrons. The zero-order chi connectivity index (χ0) is 21.8. The standard InChI is InChI=1S/C23H23ClN5OS/c1-15(2)8-6-7-11-29-22-18(21(28-29)27-23(30)17-13-25-31-14-17)12-19(24)20(26-22)16-9-4-3-5-10-16/h4-5,9-10,12-15H,6-8,11H2,1-2H3,(H,27,28,30). The fourth-order valence-corrected chi connectivity index (χ4v) is 4.16. The number of benzene rings is 1. The summed E-state index contributed by atoms with van der Waals surface area (Å²) in [5, 5.41) is 10.5. The Hall–Kier alpha value is -2.77. The number of aryl methyl sites for hydroxylation is 1. The minimum absolute atomic E-state index is 0.251. The van der Waals surface area contributed by atoms with Crippen molar-refractivity contribution in [2.45, 2.75) is 39.7 Å². The highest BCUT2D eigenvalue weighted by molar-refractivity contribution is 7.03. The SMILES string of the molecule is CC(C)CCCCn1nc(NC(=O)c2cnsc2)c2cc(Cl)c(-c3cc[c]cc3)nc21. The van der Waals surface area contributed by atoms with E-state index in [4.69, 9.17) is 16.6 Å². The molecule has 6 nitrogen and oxygen atoms in total. The molecular weight excluding hydrogens is 430 g/mol. The van der Waals surface area contributed by atoms with Gasteiger partial charge in [0.1, 0.15) is 0 Å². The molecule has 1 aromatic carbocycles. The van der Waals surface area contributed by atoms with E-state index in [0.29, 0.717) is 33.7 Å². The number of fused-ring (bicyclic) bond motifs is 1. The summed E-state index contributed by atoms with van der Waals surface area (Å²) in [5.41, 5.74) is 2.80. The van der Waals surface area contributed by atoms with Crippen molar-refractivity contribution < 1.29 is 4.79 Å². The van der Waals surface area contributed by atoms with Crippen molar-refractivity contribution in [1.29, 1.82) is 0 Å². The highest BCUT2D eigenvalue weighted by Gasteiger charge is 2.19. The average molecular weight is 453 g/mol. The summed E-state index contributed by atoms with van der Waals surface area (Å²) in [6.07, 6.45) is 4.80. The van der Waals surface area contributed by atoms with Crippen LogP contribution in [-0.2, 0) is 6.54 Å². The average Bonchev–Trinajstić information content (AvgIpc) is 3.40. The first-order valence-electron chi connectivity index (χ1n) is 10.3. The van der Waals surface area contributed by atoms with Gasteiger partial charge in [-0.3, -0.25) is 4.79 Å². The number of hydrogen-bond donors (Lipinski definition) is 1. The Labute approximate surface area is 190 Å². The molecular formula is C23H23ClN5OS. The van der Waals surface area contributed by atoms with Crippen molar-refractivity contribution in [3.63, 3.8) is 0 Å². The molecule has 0 aliphatic heterocycles. The van der Waals surface area contributed by atoms with Gasteiger partial charge in [-0.25, -0.2) is 14.0 Å². The van der Waals surface area contributed by atoms with Gasteiger partial charge in [0.25, 0.3) is 5.91 Å². The lowest BCUT2D eigenvalue weighted by molar-refractivity contribution is 0.102. The first-order chi connectivity index (χ1) is 15.0. The van der Waals surface area contributed by atoms with Crippen LogP contribution < -0.4 is 5.32 Å². The minimum atomic E-state index is -0.251. The van der Waals surface area contributed by atoms with Gasteiger partial charge in [-0.1, -0.05) is 62.6 Å². The molecule has 0 saturated carbocycles. The molecule has 4 aromatic rings. The molecule has 0 aliphatic carbocycles. The van der Waals surface area contributed by atoms with Gasteiger partial charge in [-0.05, 0) is 36.0 Å². The van der Waals surface area contributed by atoms with E-state index < -0.39 is 0 Å². The number of anilines is 1. The second-order valence-electron chi connectivity index (χ2n) is 7.81. The lowest BCUT2D eigenvalue weighted by atomic mass is 10.1. The Balaban J connectivity index is 1.71. The molecule has 0 saturated heterocycles. The second-order valence-corrected chi connectivity index (χ2v) is 8.87. The van der Waals surface area contributed by atoms with Crippen LogP contribution in [0.4, 0.5) is 5.82 Å². The number of hydrogen-bond acceptors (Lipinski definition) is 5. The van der Waals surface area contributed by atoms with Crippen LogP contribution in [0.15, 0.2) is 41.9 Å². The number of nitrogens with one attached hydrogen (secondary N) is 1. The van der Waals surface area contributed by atoms with Crippen LogP contribution in [0.3, 0.4) is 0 Å². The molecule has 4 rings (SSSR count). The molecule has 0 spiro atoms. The molecule has 8 heteroatoms. The van der Waals surface area contributed by atoms with Gasteiger partial charge in [0.15, 0.2) is 11.5 Å². The Morgan fingerprint density at radius 3 is 2.81 bits per heavy atom. The molecule has 1 N–H and O–H groups in total. The summed E-state index contributed by atoms with van der Waals surface area (Å²) in [4.78, 5) is 17.4. The van der Waals surface area contributed by atoms with Gasteiger partial charge in [0, 0.05) is 17.5 Å². The predicted molar refractivity (Wildman–Crippen MR) is 126 cm³/mol.